The van der Waals surface area contributed by atoms with Gasteiger partial charge in [-0.25, -0.2) is 0 Å². The fourth-order valence-corrected chi connectivity index (χ4v) is 0.905. The minimum Gasteiger partial charge on any atom is -0.385 e. The molecule has 1 aromatic rings. The molecule has 0 fully saturated rings. The fraction of sp³-hybridized carbons (Fsp3) is 0.571. The number of anilines is 3. The van der Waals surface area contributed by atoms with Crippen molar-refractivity contribution in [3.63, 3.8) is 0 Å². The van der Waals surface area contributed by atoms with Crippen LogP contribution in [0.15, 0.2) is 0 Å². The van der Waals surface area contributed by atoms with Crippen molar-refractivity contribution in [1.29, 1.82) is 0 Å². The molecule has 0 amide bonds. The highest BCUT2D eigenvalue weighted by molar-refractivity contribution is 5.36. The van der Waals surface area contributed by atoms with E-state index in [0.29, 0.717) is 19.1 Å². The van der Waals surface area contributed by atoms with Crippen molar-refractivity contribution in [3.05, 3.63) is 0 Å². The van der Waals surface area contributed by atoms with Crippen molar-refractivity contribution < 1.29 is 4.74 Å². The van der Waals surface area contributed by atoms with Crippen LogP contribution in [0.25, 0.3) is 0 Å². The van der Waals surface area contributed by atoms with Gasteiger partial charge in [-0.1, -0.05) is 0 Å². The number of methoxy groups -OCH3 is 1. The quantitative estimate of drug-likeness (QED) is 0.546. The largest absolute Gasteiger partial charge is 0.385 e. The molecule has 0 aliphatic rings. The summed E-state index contributed by atoms with van der Waals surface area (Å²) in [7, 11) is 1.65. The van der Waals surface area contributed by atoms with E-state index >= 15 is 0 Å². The fourth-order valence-electron chi connectivity index (χ4n) is 0.905. The Labute approximate surface area is 81.9 Å². The first-order valence-electron chi connectivity index (χ1n) is 4.22. The van der Waals surface area contributed by atoms with Crippen molar-refractivity contribution in [2.75, 3.05) is 37.0 Å². The van der Waals surface area contributed by atoms with E-state index in [4.69, 9.17) is 16.2 Å². The van der Waals surface area contributed by atoms with E-state index in [9.17, 15) is 0 Å². The standard InChI is InChI=1S/C7H14N6O/c1-14-4-2-3-10-7-12-5(8)11-6(9)13-7/h2-4H2,1H3,(H5,8,9,10,11,12,13). The van der Waals surface area contributed by atoms with Crippen molar-refractivity contribution in [3.8, 4) is 0 Å². The summed E-state index contributed by atoms with van der Waals surface area (Å²) in [6, 6.07) is 0. The molecule has 1 heterocycles. The monoisotopic (exact) mass is 198 g/mol. The summed E-state index contributed by atoms with van der Waals surface area (Å²) in [6.07, 6.45) is 0.863. The van der Waals surface area contributed by atoms with Crippen LogP contribution in [0, 0.1) is 0 Å². The maximum atomic E-state index is 5.38. The second-order valence-corrected chi connectivity index (χ2v) is 2.65. The summed E-state index contributed by atoms with van der Waals surface area (Å²) >= 11 is 0. The first-order chi connectivity index (χ1) is 6.72. The number of nitrogen functional groups attached to an aromatic ring is 2. The molecule has 1 rings (SSSR count). The summed E-state index contributed by atoms with van der Waals surface area (Å²) in [6.45, 7) is 1.39. The van der Waals surface area contributed by atoms with E-state index < -0.39 is 0 Å². The molecule has 14 heavy (non-hydrogen) atoms. The highest BCUT2D eigenvalue weighted by Crippen LogP contribution is 2.02. The Morgan fingerprint density at radius 1 is 1.21 bits per heavy atom. The predicted octanol–water partition coefficient (Wildman–Crippen LogP) is -0.516. The van der Waals surface area contributed by atoms with Crippen molar-refractivity contribution >= 4 is 17.8 Å². The Balaban J connectivity index is 2.42. The highest BCUT2D eigenvalue weighted by atomic mass is 16.5. The average Bonchev–Trinajstić information content (AvgIpc) is 2.11. The molecule has 0 unspecified atom stereocenters. The average molecular weight is 198 g/mol. The molecule has 0 aliphatic heterocycles. The van der Waals surface area contributed by atoms with Gasteiger partial charge in [0.25, 0.3) is 0 Å². The number of rotatable bonds is 5. The maximum Gasteiger partial charge on any atom is 0.229 e. The second kappa shape index (κ2) is 5.18. The third-order valence-electron chi connectivity index (χ3n) is 1.48. The van der Waals surface area contributed by atoms with Crippen LogP contribution in [0.3, 0.4) is 0 Å². The van der Waals surface area contributed by atoms with Gasteiger partial charge in [0.2, 0.25) is 17.8 Å². The normalized spacial score (nSPS) is 10.1. The Bertz CT molecular complexity index is 271. The highest BCUT2D eigenvalue weighted by Gasteiger charge is 1.99. The van der Waals surface area contributed by atoms with Gasteiger partial charge in [-0.3, -0.25) is 0 Å². The van der Waals surface area contributed by atoms with Gasteiger partial charge < -0.3 is 21.5 Å². The zero-order chi connectivity index (χ0) is 10.4. The number of aromatic nitrogens is 3. The zero-order valence-corrected chi connectivity index (χ0v) is 8.03. The van der Waals surface area contributed by atoms with E-state index in [0.717, 1.165) is 6.42 Å². The minimum absolute atomic E-state index is 0.117. The Kier molecular flexibility index (Phi) is 3.86. The van der Waals surface area contributed by atoms with Crippen molar-refractivity contribution in [2.24, 2.45) is 0 Å². The smallest absolute Gasteiger partial charge is 0.229 e. The minimum atomic E-state index is 0.117. The van der Waals surface area contributed by atoms with E-state index in [2.05, 4.69) is 20.3 Å². The molecule has 5 N–H and O–H groups in total. The first-order valence-corrected chi connectivity index (χ1v) is 4.22. The van der Waals surface area contributed by atoms with Gasteiger partial charge in [-0.15, -0.1) is 0 Å². The number of nitrogens with zero attached hydrogens (tertiary/aromatic N) is 3. The lowest BCUT2D eigenvalue weighted by Crippen LogP contribution is -2.11. The van der Waals surface area contributed by atoms with Crippen LogP contribution in [-0.2, 0) is 4.74 Å². The van der Waals surface area contributed by atoms with Crippen molar-refractivity contribution in [2.45, 2.75) is 6.42 Å². The molecule has 0 saturated heterocycles. The number of ether oxygens (including phenoxy) is 1. The number of nitrogens with one attached hydrogen (secondary N) is 1. The van der Waals surface area contributed by atoms with Crippen LogP contribution >= 0.6 is 0 Å². The molecule has 0 aliphatic carbocycles. The third-order valence-corrected chi connectivity index (χ3v) is 1.48. The zero-order valence-electron chi connectivity index (χ0n) is 8.03. The van der Waals surface area contributed by atoms with E-state index in [-0.39, 0.29) is 11.9 Å². The van der Waals surface area contributed by atoms with Gasteiger partial charge in [0.1, 0.15) is 0 Å². The van der Waals surface area contributed by atoms with Crippen molar-refractivity contribution in [1.82, 2.24) is 15.0 Å². The van der Waals surface area contributed by atoms with Gasteiger partial charge in [0, 0.05) is 20.3 Å². The number of hydrogen-bond acceptors (Lipinski definition) is 7. The molecule has 7 heteroatoms. The molecule has 0 radical (unpaired) electrons. The summed E-state index contributed by atoms with van der Waals surface area (Å²) in [5, 5.41) is 2.96. The maximum absolute atomic E-state index is 5.38. The van der Waals surface area contributed by atoms with Gasteiger partial charge in [0.05, 0.1) is 0 Å². The second-order valence-electron chi connectivity index (χ2n) is 2.65. The summed E-state index contributed by atoms with van der Waals surface area (Å²) < 4.78 is 4.88. The predicted molar refractivity (Wildman–Crippen MR) is 53.6 cm³/mol. The van der Waals surface area contributed by atoms with Crippen LogP contribution in [-0.4, -0.2) is 35.2 Å². The van der Waals surface area contributed by atoms with Crippen LogP contribution < -0.4 is 16.8 Å². The third kappa shape index (κ3) is 3.40. The lowest BCUT2D eigenvalue weighted by molar-refractivity contribution is 0.197. The molecule has 0 spiro atoms. The van der Waals surface area contributed by atoms with Gasteiger partial charge in [-0.2, -0.15) is 15.0 Å². The lowest BCUT2D eigenvalue weighted by atomic mass is 10.4. The topological polar surface area (TPSA) is 112 Å². The molecule has 0 aromatic carbocycles. The molecule has 0 saturated carbocycles. The summed E-state index contributed by atoms with van der Waals surface area (Å²) in [5.74, 6) is 0.629. The van der Waals surface area contributed by atoms with E-state index in [1.165, 1.54) is 0 Å². The molecule has 78 valence electrons. The molecular formula is C7H14N6O. The van der Waals surface area contributed by atoms with E-state index in [1.54, 1.807) is 7.11 Å². The molecule has 7 nitrogen and oxygen atoms in total. The molecule has 0 bridgehead atoms. The van der Waals surface area contributed by atoms with Crippen LogP contribution in [0.4, 0.5) is 17.8 Å². The summed E-state index contributed by atoms with van der Waals surface area (Å²) in [5.41, 5.74) is 10.8. The number of hydrogen-bond donors (Lipinski definition) is 3. The van der Waals surface area contributed by atoms with Crippen LogP contribution in [0.2, 0.25) is 0 Å². The van der Waals surface area contributed by atoms with Gasteiger partial charge >= 0.3 is 0 Å². The van der Waals surface area contributed by atoms with Crippen LogP contribution in [0.1, 0.15) is 6.42 Å². The molecule has 1 aromatic heterocycles. The van der Waals surface area contributed by atoms with E-state index in [1.807, 2.05) is 0 Å². The number of nitrogens with two attached hydrogens (primary N) is 2. The van der Waals surface area contributed by atoms with Gasteiger partial charge in [-0.05, 0) is 6.42 Å². The molecular weight excluding hydrogens is 184 g/mol. The van der Waals surface area contributed by atoms with Crippen LogP contribution in [0.5, 0.6) is 0 Å². The Morgan fingerprint density at radius 3 is 2.43 bits per heavy atom. The lowest BCUT2D eigenvalue weighted by Gasteiger charge is -2.04. The van der Waals surface area contributed by atoms with Gasteiger partial charge in [0.15, 0.2) is 0 Å². The summed E-state index contributed by atoms with van der Waals surface area (Å²) in [4.78, 5) is 11.4. The first kappa shape index (κ1) is 10.5. The Hall–Kier alpha value is -1.63. The SMILES string of the molecule is COCCCNc1nc(N)nc(N)n1. The Morgan fingerprint density at radius 2 is 1.86 bits per heavy atom. The molecule has 0 atom stereocenters.